The molecule has 0 aromatic carbocycles. The van der Waals surface area contributed by atoms with Gasteiger partial charge in [-0.3, -0.25) is 4.79 Å². The van der Waals surface area contributed by atoms with Crippen LogP contribution >= 0.6 is 0 Å². The standard InChI is InChI=1S/C22H32N2O/c1-16(2)14-24-15-19(21-17(3)9-8-12-20(21)24)22(25)23-13-18-10-6-4-5-7-11-18/h8-9,13,15-16,20H,4-7,10-12,14H2,1-3H3,(H,23,25). The Bertz CT molecular complexity index is 626. The van der Waals surface area contributed by atoms with Crippen molar-refractivity contribution in [3.8, 4) is 0 Å². The van der Waals surface area contributed by atoms with Crippen LogP contribution < -0.4 is 5.32 Å². The van der Waals surface area contributed by atoms with Gasteiger partial charge in [-0.25, -0.2) is 0 Å². The zero-order valence-electron chi connectivity index (χ0n) is 16.0. The van der Waals surface area contributed by atoms with Crippen molar-refractivity contribution >= 4 is 5.91 Å². The number of fused-ring (bicyclic) bond motifs is 1. The molecule has 1 unspecified atom stereocenters. The van der Waals surface area contributed by atoms with Crippen molar-refractivity contribution in [2.24, 2.45) is 5.92 Å². The molecule has 136 valence electrons. The third-order valence-electron chi connectivity index (χ3n) is 5.44. The van der Waals surface area contributed by atoms with Crippen LogP contribution in [0.25, 0.3) is 0 Å². The van der Waals surface area contributed by atoms with Crippen LogP contribution in [0, 0.1) is 5.92 Å². The largest absolute Gasteiger partial charge is 0.369 e. The summed E-state index contributed by atoms with van der Waals surface area (Å²) in [6.07, 6.45) is 16.9. The molecule has 1 N–H and O–H groups in total. The van der Waals surface area contributed by atoms with E-state index in [1.807, 2.05) is 6.20 Å². The Morgan fingerprint density at radius 2 is 2.00 bits per heavy atom. The van der Waals surface area contributed by atoms with Crippen molar-refractivity contribution < 1.29 is 4.79 Å². The van der Waals surface area contributed by atoms with Crippen molar-refractivity contribution in [2.75, 3.05) is 6.54 Å². The molecule has 0 bridgehead atoms. The second kappa shape index (κ2) is 8.07. The van der Waals surface area contributed by atoms with Gasteiger partial charge in [-0.05, 0) is 56.1 Å². The maximum atomic E-state index is 12.9. The maximum Gasteiger partial charge on any atom is 0.257 e. The van der Waals surface area contributed by atoms with E-state index < -0.39 is 0 Å². The van der Waals surface area contributed by atoms with E-state index in [9.17, 15) is 4.79 Å². The molecule has 0 aromatic heterocycles. The number of carbonyl (C=O) groups is 1. The van der Waals surface area contributed by atoms with E-state index in [4.69, 9.17) is 0 Å². The van der Waals surface area contributed by atoms with Crippen molar-refractivity contribution in [2.45, 2.75) is 71.8 Å². The molecule has 0 aromatic rings. The van der Waals surface area contributed by atoms with Gasteiger partial charge in [0, 0.05) is 18.9 Å². The Balaban J connectivity index is 1.77. The molecule has 3 nitrogen and oxygen atoms in total. The van der Waals surface area contributed by atoms with Crippen LogP contribution in [-0.4, -0.2) is 23.4 Å². The lowest BCUT2D eigenvalue weighted by Crippen LogP contribution is -2.32. The van der Waals surface area contributed by atoms with Gasteiger partial charge in [0.15, 0.2) is 0 Å². The number of amides is 1. The molecule has 0 saturated heterocycles. The molecule has 1 atom stereocenters. The number of nitrogens with one attached hydrogen (secondary N) is 1. The molecule has 3 heteroatoms. The average Bonchev–Trinajstić information content (AvgIpc) is 2.77. The summed E-state index contributed by atoms with van der Waals surface area (Å²) in [5.74, 6) is 0.636. The Kier molecular flexibility index (Phi) is 5.82. The van der Waals surface area contributed by atoms with Gasteiger partial charge in [0.1, 0.15) is 0 Å². The molecule has 0 spiro atoms. The van der Waals surface area contributed by atoms with Crippen LogP contribution in [0.5, 0.6) is 0 Å². The third kappa shape index (κ3) is 4.26. The van der Waals surface area contributed by atoms with Gasteiger partial charge in [0.05, 0.1) is 11.6 Å². The molecule has 0 radical (unpaired) electrons. The molecule has 25 heavy (non-hydrogen) atoms. The minimum atomic E-state index is 0.0534. The quantitative estimate of drug-likeness (QED) is 0.743. The van der Waals surface area contributed by atoms with Gasteiger partial charge in [0.25, 0.3) is 5.91 Å². The summed E-state index contributed by atoms with van der Waals surface area (Å²) >= 11 is 0. The van der Waals surface area contributed by atoms with Crippen LogP contribution in [0.3, 0.4) is 0 Å². The Hall–Kier alpha value is -1.77. The summed E-state index contributed by atoms with van der Waals surface area (Å²) in [6, 6.07) is 0.332. The summed E-state index contributed by atoms with van der Waals surface area (Å²) < 4.78 is 0. The van der Waals surface area contributed by atoms with Gasteiger partial charge in [-0.1, -0.05) is 44.4 Å². The smallest absolute Gasteiger partial charge is 0.257 e. The molecule has 2 aliphatic carbocycles. The van der Waals surface area contributed by atoms with E-state index in [1.165, 1.54) is 42.4 Å². The number of hydrogen-bond donors (Lipinski definition) is 1. The van der Waals surface area contributed by atoms with E-state index in [1.54, 1.807) is 0 Å². The highest BCUT2D eigenvalue weighted by Crippen LogP contribution is 2.36. The molecule has 1 amide bonds. The third-order valence-corrected chi connectivity index (χ3v) is 5.44. The first-order valence-corrected chi connectivity index (χ1v) is 9.90. The lowest BCUT2D eigenvalue weighted by molar-refractivity contribution is -0.116. The van der Waals surface area contributed by atoms with E-state index in [0.717, 1.165) is 31.4 Å². The van der Waals surface area contributed by atoms with Gasteiger partial charge < -0.3 is 10.2 Å². The predicted molar refractivity (Wildman–Crippen MR) is 104 cm³/mol. The number of carbonyl (C=O) groups excluding carboxylic acids is 1. The fraction of sp³-hybridized carbons (Fsp3) is 0.591. The Labute approximate surface area is 152 Å². The van der Waals surface area contributed by atoms with Crippen molar-refractivity contribution in [3.63, 3.8) is 0 Å². The van der Waals surface area contributed by atoms with E-state index in [2.05, 4.69) is 49.3 Å². The first kappa shape index (κ1) is 18.0. The molecule has 1 fully saturated rings. The zero-order chi connectivity index (χ0) is 17.8. The zero-order valence-corrected chi connectivity index (χ0v) is 16.0. The maximum absolute atomic E-state index is 12.9. The normalized spacial score (nSPS) is 23.5. The summed E-state index contributed by atoms with van der Waals surface area (Å²) in [5, 5.41) is 3.10. The van der Waals surface area contributed by atoms with Crippen LogP contribution in [-0.2, 0) is 4.79 Å². The number of nitrogens with zero attached hydrogens (tertiary/aromatic N) is 1. The number of hydrogen-bond acceptors (Lipinski definition) is 2. The van der Waals surface area contributed by atoms with E-state index >= 15 is 0 Å². The predicted octanol–water partition coefficient (Wildman–Crippen LogP) is 4.84. The second-order valence-electron chi connectivity index (χ2n) is 8.07. The average molecular weight is 341 g/mol. The fourth-order valence-corrected chi connectivity index (χ4v) is 4.22. The number of rotatable bonds is 4. The van der Waals surface area contributed by atoms with Crippen molar-refractivity contribution in [3.05, 3.63) is 46.8 Å². The monoisotopic (exact) mass is 340 g/mol. The van der Waals surface area contributed by atoms with Crippen LogP contribution in [0.15, 0.2) is 46.8 Å². The molecule has 1 saturated carbocycles. The lowest BCUT2D eigenvalue weighted by Gasteiger charge is -2.29. The minimum absolute atomic E-state index is 0.0534. The Morgan fingerprint density at radius 3 is 2.68 bits per heavy atom. The van der Waals surface area contributed by atoms with Gasteiger partial charge in [-0.15, -0.1) is 0 Å². The molecule has 1 heterocycles. The number of allylic oxidation sites excluding steroid dienone is 3. The van der Waals surface area contributed by atoms with E-state index in [0.29, 0.717) is 12.0 Å². The summed E-state index contributed by atoms with van der Waals surface area (Å²) in [5.41, 5.74) is 4.71. The van der Waals surface area contributed by atoms with Crippen LogP contribution in [0.1, 0.15) is 65.7 Å². The van der Waals surface area contributed by atoms with Crippen molar-refractivity contribution in [1.29, 1.82) is 0 Å². The first-order valence-electron chi connectivity index (χ1n) is 9.90. The molecule has 3 rings (SSSR count). The Morgan fingerprint density at radius 1 is 1.28 bits per heavy atom. The minimum Gasteiger partial charge on any atom is -0.369 e. The van der Waals surface area contributed by atoms with Crippen molar-refractivity contribution in [1.82, 2.24) is 10.2 Å². The summed E-state index contributed by atoms with van der Waals surface area (Å²) in [7, 11) is 0. The topological polar surface area (TPSA) is 32.3 Å². The SMILES string of the molecule is CC1=C2C(C(=O)NC=C3CCCCCC3)=CN(CC(C)C)C2CC=C1. The van der Waals surface area contributed by atoms with Gasteiger partial charge in [0.2, 0.25) is 0 Å². The molecule has 3 aliphatic rings. The van der Waals surface area contributed by atoms with Crippen LogP contribution in [0.2, 0.25) is 0 Å². The first-order chi connectivity index (χ1) is 12.1. The summed E-state index contributed by atoms with van der Waals surface area (Å²) in [6.45, 7) is 7.59. The highest BCUT2D eigenvalue weighted by Gasteiger charge is 2.34. The van der Waals surface area contributed by atoms with Crippen LogP contribution in [0.4, 0.5) is 0 Å². The molecular weight excluding hydrogens is 308 g/mol. The van der Waals surface area contributed by atoms with Gasteiger partial charge >= 0.3 is 0 Å². The molecule has 1 aliphatic heterocycles. The highest BCUT2D eigenvalue weighted by atomic mass is 16.1. The van der Waals surface area contributed by atoms with E-state index in [-0.39, 0.29) is 5.91 Å². The second-order valence-corrected chi connectivity index (χ2v) is 8.07. The lowest BCUT2D eigenvalue weighted by atomic mass is 9.90. The highest BCUT2D eigenvalue weighted by molar-refractivity contribution is 6.00. The van der Waals surface area contributed by atoms with Gasteiger partial charge in [-0.2, -0.15) is 0 Å². The molecular formula is C22H32N2O. The summed E-state index contributed by atoms with van der Waals surface area (Å²) in [4.78, 5) is 15.3. The fourth-order valence-electron chi connectivity index (χ4n) is 4.22.